The Morgan fingerprint density at radius 2 is 1.96 bits per heavy atom. The number of aliphatic hydroxyl groups is 2. The topological polar surface area (TPSA) is 103 Å². The lowest BCUT2D eigenvalue weighted by molar-refractivity contribution is -0.111. The Balaban J connectivity index is 2.14. The fourth-order valence-electron chi connectivity index (χ4n) is 3.40. The third kappa shape index (κ3) is 1.87. The minimum absolute atomic E-state index is 0.108. The summed E-state index contributed by atoms with van der Waals surface area (Å²) in [6.45, 7) is 3.32. The van der Waals surface area contributed by atoms with E-state index in [2.05, 4.69) is 4.98 Å². The first-order valence-corrected chi connectivity index (χ1v) is 7.65. The van der Waals surface area contributed by atoms with Gasteiger partial charge in [-0.2, -0.15) is 0 Å². The van der Waals surface area contributed by atoms with Crippen LogP contribution in [0.4, 0.5) is 0 Å². The Morgan fingerprint density at radius 1 is 1.21 bits per heavy atom. The van der Waals surface area contributed by atoms with Crippen molar-refractivity contribution in [2.75, 3.05) is 0 Å². The predicted octanol–water partition coefficient (Wildman–Crippen LogP) is 2.40. The predicted molar refractivity (Wildman–Crippen MR) is 88.5 cm³/mol. The summed E-state index contributed by atoms with van der Waals surface area (Å²) in [5.74, 6) is 0.382. The number of carbonyl (C=O) groups excluding carboxylic acids is 1. The zero-order valence-corrected chi connectivity index (χ0v) is 13.2. The van der Waals surface area contributed by atoms with Crippen LogP contribution in [0.25, 0.3) is 21.8 Å². The Morgan fingerprint density at radius 3 is 2.67 bits per heavy atom. The SMILES string of the molecule is CC1(C)Oc2c(C=O)cc3c([nH]c4cc(O)ccc43)c2C(O)C1O. The molecule has 0 radical (unpaired) electrons. The van der Waals surface area contributed by atoms with E-state index in [0.29, 0.717) is 28.4 Å². The van der Waals surface area contributed by atoms with Crippen LogP contribution in [0.5, 0.6) is 11.5 Å². The van der Waals surface area contributed by atoms with Gasteiger partial charge >= 0.3 is 0 Å². The molecule has 3 aromatic rings. The molecule has 0 amide bonds. The number of aromatic hydroxyl groups is 1. The van der Waals surface area contributed by atoms with Gasteiger partial charge in [-0.15, -0.1) is 0 Å². The second kappa shape index (κ2) is 4.72. The van der Waals surface area contributed by atoms with Gasteiger partial charge in [-0.05, 0) is 32.0 Å². The molecule has 4 N–H and O–H groups in total. The standard InChI is InChI=1S/C18H17NO5/c1-18(2)17(23)15(22)13-14-11(5-8(7-20)16(13)24-18)10-4-3-9(21)6-12(10)19-14/h3-7,15,17,19,21-23H,1-2H3. The van der Waals surface area contributed by atoms with Crippen molar-refractivity contribution in [3.63, 3.8) is 0 Å². The first kappa shape index (κ1) is 15.0. The third-order valence-electron chi connectivity index (χ3n) is 4.70. The minimum Gasteiger partial charge on any atom is -0.508 e. The molecule has 6 nitrogen and oxygen atoms in total. The zero-order chi connectivity index (χ0) is 17.2. The maximum absolute atomic E-state index is 11.6. The second-order valence-electron chi connectivity index (χ2n) is 6.70. The van der Waals surface area contributed by atoms with E-state index in [1.165, 1.54) is 0 Å². The largest absolute Gasteiger partial charge is 0.508 e. The molecule has 2 heterocycles. The number of nitrogens with one attached hydrogen (secondary N) is 1. The first-order valence-electron chi connectivity index (χ1n) is 7.65. The molecule has 2 atom stereocenters. The van der Waals surface area contributed by atoms with Crippen LogP contribution in [0.1, 0.15) is 35.9 Å². The fourth-order valence-corrected chi connectivity index (χ4v) is 3.40. The quantitative estimate of drug-likeness (QED) is 0.514. The molecule has 1 aliphatic rings. The van der Waals surface area contributed by atoms with Crippen molar-refractivity contribution in [1.29, 1.82) is 0 Å². The normalized spacial score (nSPS) is 22.3. The van der Waals surface area contributed by atoms with Crippen molar-refractivity contribution in [1.82, 2.24) is 4.98 Å². The molecule has 1 aromatic heterocycles. The molecule has 6 heteroatoms. The number of aromatic nitrogens is 1. The number of aldehydes is 1. The maximum atomic E-state index is 11.6. The van der Waals surface area contributed by atoms with Crippen LogP contribution in [0.2, 0.25) is 0 Å². The number of aliphatic hydroxyl groups excluding tert-OH is 2. The molecule has 124 valence electrons. The van der Waals surface area contributed by atoms with Crippen LogP contribution >= 0.6 is 0 Å². The molecule has 4 rings (SSSR count). The van der Waals surface area contributed by atoms with E-state index in [9.17, 15) is 20.1 Å². The number of fused-ring (bicyclic) bond motifs is 5. The lowest BCUT2D eigenvalue weighted by atomic mass is 9.86. The Kier molecular flexibility index (Phi) is 2.95. The molecule has 0 saturated heterocycles. The molecule has 2 aromatic carbocycles. The van der Waals surface area contributed by atoms with Crippen LogP contribution in [0.15, 0.2) is 24.3 Å². The number of rotatable bonds is 1. The molecule has 0 saturated carbocycles. The number of aromatic amines is 1. The minimum atomic E-state index is -1.20. The number of hydrogen-bond donors (Lipinski definition) is 4. The van der Waals surface area contributed by atoms with Crippen molar-refractivity contribution in [2.24, 2.45) is 0 Å². The number of phenolic OH excluding ortho intramolecular Hbond substituents is 1. The Bertz CT molecular complexity index is 988. The molecular weight excluding hydrogens is 310 g/mol. The first-order chi connectivity index (χ1) is 11.3. The monoisotopic (exact) mass is 327 g/mol. The molecule has 2 unspecified atom stereocenters. The van der Waals surface area contributed by atoms with Gasteiger partial charge in [-0.1, -0.05) is 0 Å². The van der Waals surface area contributed by atoms with E-state index >= 15 is 0 Å². The van der Waals surface area contributed by atoms with Gasteiger partial charge in [0.2, 0.25) is 0 Å². The van der Waals surface area contributed by atoms with E-state index < -0.39 is 17.8 Å². The van der Waals surface area contributed by atoms with Crippen molar-refractivity contribution in [3.8, 4) is 11.5 Å². The number of hydrogen-bond acceptors (Lipinski definition) is 5. The molecule has 0 fully saturated rings. The van der Waals surface area contributed by atoms with E-state index in [-0.39, 0.29) is 11.5 Å². The highest BCUT2D eigenvalue weighted by Crippen LogP contribution is 2.46. The summed E-state index contributed by atoms with van der Waals surface area (Å²) in [7, 11) is 0. The van der Waals surface area contributed by atoms with E-state index in [1.54, 1.807) is 38.1 Å². The highest BCUT2D eigenvalue weighted by molar-refractivity contribution is 6.11. The lowest BCUT2D eigenvalue weighted by Crippen LogP contribution is -2.49. The smallest absolute Gasteiger partial charge is 0.153 e. The highest BCUT2D eigenvalue weighted by Gasteiger charge is 2.44. The van der Waals surface area contributed by atoms with Gasteiger partial charge in [0, 0.05) is 16.8 Å². The second-order valence-corrected chi connectivity index (χ2v) is 6.70. The van der Waals surface area contributed by atoms with Crippen LogP contribution in [0, 0.1) is 0 Å². The van der Waals surface area contributed by atoms with Gasteiger partial charge in [0.25, 0.3) is 0 Å². The summed E-state index contributed by atoms with van der Waals surface area (Å²) in [5, 5.41) is 32.2. The van der Waals surface area contributed by atoms with Crippen LogP contribution < -0.4 is 4.74 Å². The van der Waals surface area contributed by atoms with E-state index in [4.69, 9.17) is 4.74 Å². The van der Waals surface area contributed by atoms with Crippen molar-refractivity contribution in [3.05, 3.63) is 35.4 Å². The number of H-pyrrole nitrogens is 1. The van der Waals surface area contributed by atoms with Crippen LogP contribution in [-0.4, -0.2) is 38.3 Å². The molecule has 1 aliphatic heterocycles. The van der Waals surface area contributed by atoms with Crippen LogP contribution in [0.3, 0.4) is 0 Å². The van der Waals surface area contributed by atoms with Gasteiger partial charge in [0.05, 0.1) is 22.2 Å². The van der Waals surface area contributed by atoms with Crippen molar-refractivity contribution in [2.45, 2.75) is 31.7 Å². The average molecular weight is 327 g/mol. The fraction of sp³-hybridized carbons (Fsp3) is 0.278. The average Bonchev–Trinajstić information content (AvgIpc) is 2.88. The van der Waals surface area contributed by atoms with Crippen molar-refractivity contribution >= 4 is 28.1 Å². The molecule has 0 spiro atoms. The molecule has 0 bridgehead atoms. The Hall–Kier alpha value is -2.57. The lowest BCUT2D eigenvalue weighted by Gasteiger charge is -2.40. The van der Waals surface area contributed by atoms with Gasteiger partial charge in [-0.3, -0.25) is 4.79 Å². The summed E-state index contributed by atoms with van der Waals surface area (Å²) < 4.78 is 5.84. The summed E-state index contributed by atoms with van der Waals surface area (Å²) >= 11 is 0. The molecule has 0 aliphatic carbocycles. The van der Waals surface area contributed by atoms with Gasteiger partial charge in [-0.25, -0.2) is 0 Å². The number of phenols is 1. The zero-order valence-electron chi connectivity index (χ0n) is 13.2. The summed E-state index contributed by atoms with van der Waals surface area (Å²) in [6, 6.07) is 6.55. The number of carbonyl (C=O) groups is 1. The molecule has 24 heavy (non-hydrogen) atoms. The summed E-state index contributed by atoms with van der Waals surface area (Å²) in [4.78, 5) is 14.7. The van der Waals surface area contributed by atoms with Crippen LogP contribution in [-0.2, 0) is 0 Å². The van der Waals surface area contributed by atoms with E-state index in [0.717, 1.165) is 10.8 Å². The summed E-state index contributed by atoms with van der Waals surface area (Å²) in [5.41, 5.74) is 0.893. The third-order valence-corrected chi connectivity index (χ3v) is 4.70. The number of benzene rings is 2. The molecular formula is C18H17NO5. The number of ether oxygens (including phenoxy) is 1. The van der Waals surface area contributed by atoms with E-state index in [1.807, 2.05) is 0 Å². The van der Waals surface area contributed by atoms with Crippen molar-refractivity contribution < 1.29 is 24.9 Å². The van der Waals surface area contributed by atoms with Gasteiger partial charge in [0.15, 0.2) is 6.29 Å². The van der Waals surface area contributed by atoms with Gasteiger partial charge < -0.3 is 25.0 Å². The summed E-state index contributed by atoms with van der Waals surface area (Å²) in [6.07, 6.45) is -1.67. The highest BCUT2D eigenvalue weighted by atomic mass is 16.5. The Labute approximate surface area is 137 Å². The maximum Gasteiger partial charge on any atom is 0.153 e. The van der Waals surface area contributed by atoms with Gasteiger partial charge in [0.1, 0.15) is 29.3 Å².